The smallest absolute Gasteiger partial charge is 0.261 e. The molecule has 1 atom stereocenters. The molecule has 1 aliphatic rings. The number of rotatable bonds is 4. The van der Waals surface area contributed by atoms with E-state index in [9.17, 15) is 9.18 Å². The topological polar surface area (TPSA) is 58.2 Å². The molecule has 0 bridgehead atoms. The fraction of sp³-hybridized carbons (Fsp3) is 0.375. The van der Waals surface area contributed by atoms with E-state index in [0.29, 0.717) is 5.75 Å². The average molecular weight is 303 g/mol. The maximum absolute atomic E-state index is 12.8. The van der Waals surface area contributed by atoms with Crippen molar-refractivity contribution in [2.45, 2.75) is 25.3 Å². The van der Waals surface area contributed by atoms with Gasteiger partial charge in [-0.2, -0.15) is 5.10 Å². The van der Waals surface area contributed by atoms with Crippen LogP contribution in [-0.2, 0) is 4.79 Å². The Kier molecular flexibility index (Phi) is 4.37. The van der Waals surface area contributed by atoms with Crippen LogP contribution in [0.1, 0.15) is 31.0 Å². The molecule has 116 valence electrons. The zero-order valence-electron chi connectivity index (χ0n) is 12.2. The van der Waals surface area contributed by atoms with Gasteiger partial charge in [0.05, 0.1) is 11.7 Å². The molecule has 5 nitrogen and oxygen atoms in total. The fourth-order valence-corrected chi connectivity index (χ4v) is 2.76. The van der Waals surface area contributed by atoms with E-state index in [0.717, 1.165) is 31.5 Å². The van der Waals surface area contributed by atoms with Crippen LogP contribution >= 0.6 is 0 Å². The van der Waals surface area contributed by atoms with Gasteiger partial charge in [0.15, 0.2) is 6.61 Å². The number of nitrogens with one attached hydrogen (secondary N) is 1. The van der Waals surface area contributed by atoms with E-state index in [1.54, 1.807) is 6.20 Å². The number of aromatic nitrogens is 2. The highest BCUT2D eigenvalue weighted by molar-refractivity contribution is 5.78. The summed E-state index contributed by atoms with van der Waals surface area (Å²) in [6, 6.07) is 7.59. The molecule has 1 fully saturated rings. The van der Waals surface area contributed by atoms with Crippen molar-refractivity contribution in [3.63, 3.8) is 0 Å². The molecular weight excluding hydrogens is 285 g/mol. The Bertz CT molecular complexity index is 613. The number of amides is 1. The summed E-state index contributed by atoms with van der Waals surface area (Å²) < 4.78 is 18.3. The number of benzene rings is 1. The third-order valence-electron chi connectivity index (χ3n) is 3.88. The van der Waals surface area contributed by atoms with Crippen molar-refractivity contribution in [1.82, 2.24) is 15.1 Å². The number of H-pyrrole nitrogens is 1. The predicted molar refractivity (Wildman–Crippen MR) is 78.8 cm³/mol. The molecule has 0 radical (unpaired) electrons. The molecule has 2 heterocycles. The third kappa shape index (κ3) is 3.27. The lowest BCUT2D eigenvalue weighted by Gasteiger charge is -2.35. The Balaban J connectivity index is 1.63. The average Bonchev–Trinajstić information content (AvgIpc) is 3.08. The standard InChI is InChI=1S/C16H18FN3O2/c17-12-4-6-13(7-5-12)22-11-16(21)20-10-2-1-3-15(20)14-8-9-18-19-14/h4-9,15H,1-3,10-11H2,(H,18,19). The lowest BCUT2D eigenvalue weighted by atomic mass is 9.99. The quantitative estimate of drug-likeness (QED) is 0.944. The van der Waals surface area contributed by atoms with Crippen LogP contribution in [0.3, 0.4) is 0 Å². The van der Waals surface area contributed by atoms with Crippen molar-refractivity contribution in [1.29, 1.82) is 0 Å². The highest BCUT2D eigenvalue weighted by atomic mass is 19.1. The van der Waals surface area contributed by atoms with Crippen molar-refractivity contribution >= 4 is 5.91 Å². The second kappa shape index (κ2) is 6.60. The number of hydrogen-bond acceptors (Lipinski definition) is 3. The molecule has 6 heteroatoms. The van der Waals surface area contributed by atoms with Gasteiger partial charge in [0, 0.05) is 12.7 Å². The minimum absolute atomic E-state index is 0.0283. The zero-order chi connectivity index (χ0) is 15.4. The van der Waals surface area contributed by atoms with E-state index in [-0.39, 0.29) is 24.4 Å². The Hall–Kier alpha value is -2.37. The number of piperidine rings is 1. The Labute approximate surface area is 128 Å². The highest BCUT2D eigenvalue weighted by Gasteiger charge is 2.28. The first kappa shape index (κ1) is 14.6. The molecule has 0 spiro atoms. The molecule has 1 aliphatic heterocycles. The van der Waals surface area contributed by atoms with Crippen molar-refractivity contribution in [2.24, 2.45) is 0 Å². The van der Waals surface area contributed by atoms with E-state index in [4.69, 9.17) is 4.74 Å². The molecule has 1 aromatic heterocycles. The van der Waals surface area contributed by atoms with Crippen LogP contribution in [-0.4, -0.2) is 34.2 Å². The monoisotopic (exact) mass is 303 g/mol. The molecular formula is C16H18FN3O2. The second-order valence-corrected chi connectivity index (χ2v) is 5.35. The lowest BCUT2D eigenvalue weighted by molar-refractivity contribution is -0.137. The molecule has 0 saturated carbocycles. The number of ether oxygens (including phenoxy) is 1. The van der Waals surface area contributed by atoms with Crippen LogP contribution in [0.15, 0.2) is 36.5 Å². The highest BCUT2D eigenvalue weighted by Crippen LogP contribution is 2.29. The Morgan fingerprint density at radius 1 is 1.32 bits per heavy atom. The van der Waals surface area contributed by atoms with Crippen LogP contribution in [0.4, 0.5) is 4.39 Å². The summed E-state index contributed by atoms with van der Waals surface area (Å²) in [6.07, 6.45) is 4.70. The summed E-state index contributed by atoms with van der Waals surface area (Å²) in [4.78, 5) is 14.3. The van der Waals surface area contributed by atoms with Gasteiger partial charge in [-0.3, -0.25) is 9.89 Å². The summed E-state index contributed by atoms with van der Waals surface area (Å²) in [5, 5.41) is 6.91. The Morgan fingerprint density at radius 2 is 2.14 bits per heavy atom. The predicted octanol–water partition coefficient (Wildman–Crippen LogP) is 2.68. The van der Waals surface area contributed by atoms with E-state index >= 15 is 0 Å². The molecule has 3 rings (SSSR count). The number of halogens is 1. The van der Waals surface area contributed by atoms with Crippen molar-refractivity contribution < 1.29 is 13.9 Å². The van der Waals surface area contributed by atoms with Crippen LogP contribution < -0.4 is 4.74 Å². The number of likely N-dealkylation sites (tertiary alicyclic amines) is 1. The van der Waals surface area contributed by atoms with Crippen LogP contribution in [0, 0.1) is 5.82 Å². The van der Waals surface area contributed by atoms with Crippen LogP contribution in [0.2, 0.25) is 0 Å². The summed E-state index contributed by atoms with van der Waals surface area (Å²) in [7, 11) is 0. The fourth-order valence-electron chi connectivity index (χ4n) is 2.76. The van der Waals surface area contributed by atoms with Gasteiger partial charge in [0.2, 0.25) is 0 Å². The van der Waals surface area contributed by atoms with Crippen molar-refractivity contribution in [3.8, 4) is 5.75 Å². The molecule has 1 unspecified atom stereocenters. The zero-order valence-corrected chi connectivity index (χ0v) is 12.2. The maximum Gasteiger partial charge on any atom is 0.261 e. The summed E-state index contributed by atoms with van der Waals surface area (Å²) in [5.41, 5.74) is 0.954. The van der Waals surface area contributed by atoms with Crippen LogP contribution in [0.25, 0.3) is 0 Å². The van der Waals surface area contributed by atoms with Crippen LogP contribution in [0.5, 0.6) is 5.75 Å². The minimum Gasteiger partial charge on any atom is -0.484 e. The first-order chi connectivity index (χ1) is 10.7. The molecule has 2 aromatic rings. The van der Waals surface area contributed by atoms with Gasteiger partial charge in [0.25, 0.3) is 5.91 Å². The lowest BCUT2D eigenvalue weighted by Crippen LogP contribution is -2.41. The SMILES string of the molecule is O=C(COc1ccc(F)cc1)N1CCCCC1c1ccn[nH]1. The van der Waals surface area contributed by atoms with Crippen molar-refractivity contribution in [2.75, 3.05) is 13.2 Å². The summed E-state index contributed by atoms with van der Waals surface area (Å²) in [5.74, 6) is 0.0995. The number of hydrogen-bond donors (Lipinski definition) is 1. The number of carbonyl (C=O) groups is 1. The van der Waals surface area contributed by atoms with E-state index in [1.165, 1.54) is 24.3 Å². The molecule has 1 aromatic carbocycles. The van der Waals surface area contributed by atoms with Gasteiger partial charge < -0.3 is 9.64 Å². The normalized spacial score (nSPS) is 18.2. The van der Waals surface area contributed by atoms with Gasteiger partial charge in [-0.25, -0.2) is 4.39 Å². The van der Waals surface area contributed by atoms with Crippen molar-refractivity contribution in [3.05, 3.63) is 48.0 Å². The largest absolute Gasteiger partial charge is 0.484 e. The molecule has 0 aliphatic carbocycles. The number of carbonyl (C=O) groups excluding carboxylic acids is 1. The minimum atomic E-state index is -0.325. The third-order valence-corrected chi connectivity index (χ3v) is 3.88. The van der Waals surface area contributed by atoms with E-state index in [2.05, 4.69) is 10.2 Å². The summed E-state index contributed by atoms with van der Waals surface area (Å²) >= 11 is 0. The van der Waals surface area contributed by atoms with Gasteiger partial charge >= 0.3 is 0 Å². The van der Waals surface area contributed by atoms with Gasteiger partial charge in [-0.15, -0.1) is 0 Å². The maximum atomic E-state index is 12.8. The van der Waals surface area contributed by atoms with Gasteiger partial charge in [0.1, 0.15) is 11.6 Å². The van der Waals surface area contributed by atoms with Gasteiger partial charge in [-0.05, 0) is 49.6 Å². The van der Waals surface area contributed by atoms with E-state index in [1.807, 2.05) is 11.0 Å². The summed E-state index contributed by atoms with van der Waals surface area (Å²) in [6.45, 7) is 0.672. The first-order valence-electron chi connectivity index (χ1n) is 7.41. The van der Waals surface area contributed by atoms with Gasteiger partial charge in [-0.1, -0.05) is 0 Å². The molecule has 1 N–H and O–H groups in total. The van der Waals surface area contributed by atoms with E-state index < -0.39 is 0 Å². The first-order valence-corrected chi connectivity index (χ1v) is 7.41. The molecule has 1 amide bonds. The molecule has 1 saturated heterocycles. The second-order valence-electron chi connectivity index (χ2n) is 5.35. The number of nitrogens with zero attached hydrogens (tertiary/aromatic N) is 2. The Morgan fingerprint density at radius 3 is 2.86 bits per heavy atom. The molecule has 22 heavy (non-hydrogen) atoms. The number of aromatic amines is 1.